The van der Waals surface area contributed by atoms with E-state index in [-0.39, 0.29) is 0 Å². The first-order valence-electron chi connectivity index (χ1n) is 6.47. The second kappa shape index (κ2) is 6.71. The van der Waals surface area contributed by atoms with E-state index in [0.29, 0.717) is 6.04 Å². The summed E-state index contributed by atoms with van der Waals surface area (Å²) in [7, 11) is 0. The molecule has 0 saturated carbocycles. The Balaban J connectivity index is 1.96. The molecule has 2 aromatic heterocycles. The highest BCUT2D eigenvalue weighted by Crippen LogP contribution is 2.20. The number of hydrogen-bond acceptors (Lipinski definition) is 4. The molecule has 0 aliphatic heterocycles. The van der Waals surface area contributed by atoms with Gasteiger partial charge in [-0.3, -0.25) is 0 Å². The first kappa shape index (κ1) is 13.3. The van der Waals surface area contributed by atoms with Crippen LogP contribution in [0.1, 0.15) is 42.3 Å². The normalized spacial score (nSPS) is 12.8. The summed E-state index contributed by atoms with van der Waals surface area (Å²) in [6, 6.07) is 4.59. The van der Waals surface area contributed by atoms with Crippen molar-refractivity contribution in [2.24, 2.45) is 0 Å². The van der Waals surface area contributed by atoms with Crippen molar-refractivity contribution in [1.82, 2.24) is 10.3 Å². The monoisotopic (exact) mass is 264 g/mol. The molecule has 18 heavy (non-hydrogen) atoms. The van der Waals surface area contributed by atoms with Crippen molar-refractivity contribution in [3.8, 4) is 0 Å². The van der Waals surface area contributed by atoms with Gasteiger partial charge in [-0.1, -0.05) is 13.0 Å². The summed E-state index contributed by atoms with van der Waals surface area (Å²) in [6.07, 6.45) is 5.06. The van der Waals surface area contributed by atoms with Gasteiger partial charge in [0.25, 0.3) is 0 Å². The fraction of sp³-hybridized carbons (Fsp3) is 0.500. The van der Waals surface area contributed by atoms with Gasteiger partial charge >= 0.3 is 0 Å². The van der Waals surface area contributed by atoms with Gasteiger partial charge in [0.15, 0.2) is 5.89 Å². The molecule has 0 spiro atoms. The average molecular weight is 264 g/mol. The largest absolute Gasteiger partial charge is 0.449 e. The Morgan fingerprint density at radius 3 is 3.00 bits per heavy atom. The molecule has 0 radical (unpaired) electrons. The molecule has 1 unspecified atom stereocenters. The summed E-state index contributed by atoms with van der Waals surface area (Å²) >= 11 is 1.82. The van der Waals surface area contributed by atoms with E-state index in [0.717, 1.165) is 37.4 Å². The summed E-state index contributed by atoms with van der Waals surface area (Å²) in [5.74, 6) is 0.740. The van der Waals surface area contributed by atoms with Crippen LogP contribution in [0.15, 0.2) is 28.2 Å². The van der Waals surface area contributed by atoms with E-state index in [1.54, 1.807) is 6.26 Å². The molecule has 0 fully saturated rings. The molecule has 1 N–H and O–H groups in total. The number of oxazole rings is 1. The van der Waals surface area contributed by atoms with Crippen LogP contribution in [0.25, 0.3) is 0 Å². The zero-order valence-electron chi connectivity index (χ0n) is 11.0. The maximum Gasteiger partial charge on any atom is 0.191 e. The Labute approximate surface area is 112 Å². The van der Waals surface area contributed by atoms with Crippen molar-refractivity contribution in [1.29, 1.82) is 0 Å². The number of nitrogens with zero attached hydrogens (tertiary/aromatic N) is 1. The summed E-state index contributed by atoms with van der Waals surface area (Å²) < 4.78 is 5.31. The van der Waals surface area contributed by atoms with Crippen molar-refractivity contribution in [3.05, 3.63) is 40.2 Å². The Bertz CT molecular complexity index is 450. The second-order valence-corrected chi connectivity index (χ2v) is 5.45. The van der Waals surface area contributed by atoms with Crippen LogP contribution in [-0.4, -0.2) is 11.5 Å². The summed E-state index contributed by atoms with van der Waals surface area (Å²) in [5, 5.41) is 5.67. The molecule has 2 rings (SSSR count). The molecular formula is C14H20N2OS. The Morgan fingerprint density at radius 1 is 1.50 bits per heavy atom. The molecule has 2 heterocycles. The van der Waals surface area contributed by atoms with Gasteiger partial charge in [-0.2, -0.15) is 0 Å². The average Bonchev–Trinajstić information content (AvgIpc) is 3.01. The van der Waals surface area contributed by atoms with Gasteiger partial charge in [0.05, 0.1) is 11.7 Å². The van der Waals surface area contributed by atoms with E-state index in [4.69, 9.17) is 4.42 Å². The Morgan fingerprint density at radius 2 is 2.39 bits per heavy atom. The van der Waals surface area contributed by atoms with Gasteiger partial charge < -0.3 is 9.73 Å². The molecule has 0 aliphatic carbocycles. The van der Waals surface area contributed by atoms with Crippen molar-refractivity contribution >= 4 is 11.3 Å². The number of aromatic nitrogens is 1. The smallest absolute Gasteiger partial charge is 0.191 e. The van der Waals surface area contributed by atoms with Crippen LogP contribution in [0.3, 0.4) is 0 Å². The zero-order chi connectivity index (χ0) is 12.8. The van der Waals surface area contributed by atoms with Gasteiger partial charge in [0, 0.05) is 11.8 Å². The minimum Gasteiger partial charge on any atom is -0.449 e. The van der Waals surface area contributed by atoms with Crippen LogP contribution in [-0.2, 0) is 6.42 Å². The lowest BCUT2D eigenvalue weighted by atomic mass is 10.1. The number of thiophene rings is 1. The third-order valence-corrected chi connectivity index (χ3v) is 3.83. The SMILES string of the molecule is CCCNC(CCc1cccs1)c1coc(C)n1. The van der Waals surface area contributed by atoms with Crippen molar-refractivity contribution in [2.45, 2.75) is 39.2 Å². The maximum atomic E-state index is 5.31. The Kier molecular flexibility index (Phi) is 4.96. The van der Waals surface area contributed by atoms with Crippen molar-refractivity contribution in [3.63, 3.8) is 0 Å². The fourth-order valence-corrected chi connectivity index (χ4v) is 2.68. The molecule has 3 nitrogen and oxygen atoms in total. The zero-order valence-corrected chi connectivity index (χ0v) is 11.8. The molecule has 0 aliphatic rings. The lowest BCUT2D eigenvalue weighted by molar-refractivity contribution is 0.484. The standard InChI is InChI=1S/C14H20N2OS/c1-3-8-15-13(14-10-17-11(2)16-14)7-6-12-5-4-9-18-12/h4-5,9-10,13,15H,3,6-8H2,1-2H3. The van der Waals surface area contributed by atoms with Crippen LogP contribution in [0, 0.1) is 6.92 Å². The fourth-order valence-electron chi connectivity index (χ4n) is 1.95. The molecule has 4 heteroatoms. The maximum absolute atomic E-state index is 5.31. The number of nitrogens with one attached hydrogen (secondary N) is 1. The molecule has 0 saturated heterocycles. The van der Waals surface area contributed by atoms with E-state index in [9.17, 15) is 0 Å². The minimum absolute atomic E-state index is 0.296. The van der Waals surface area contributed by atoms with Gasteiger partial charge in [0.2, 0.25) is 0 Å². The van der Waals surface area contributed by atoms with Crippen LogP contribution in [0.5, 0.6) is 0 Å². The Hall–Kier alpha value is -1.13. The van der Waals surface area contributed by atoms with Gasteiger partial charge in [-0.05, 0) is 37.3 Å². The second-order valence-electron chi connectivity index (χ2n) is 4.42. The first-order valence-corrected chi connectivity index (χ1v) is 7.35. The topological polar surface area (TPSA) is 38.1 Å². The van der Waals surface area contributed by atoms with Gasteiger partial charge in [-0.25, -0.2) is 4.98 Å². The third-order valence-electron chi connectivity index (χ3n) is 2.89. The van der Waals surface area contributed by atoms with Crippen LogP contribution >= 0.6 is 11.3 Å². The molecule has 98 valence electrons. The van der Waals surface area contributed by atoms with E-state index >= 15 is 0 Å². The van der Waals surface area contributed by atoms with E-state index < -0.39 is 0 Å². The van der Waals surface area contributed by atoms with E-state index in [1.165, 1.54) is 4.88 Å². The quantitative estimate of drug-likeness (QED) is 0.828. The molecule has 0 bridgehead atoms. The summed E-state index contributed by atoms with van der Waals surface area (Å²) in [4.78, 5) is 5.87. The predicted molar refractivity (Wildman–Crippen MR) is 74.9 cm³/mol. The van der Waals surface area contributed by atoms with E-state index in [1.807, 2.05) is 18.3 Å². The summed E-state index contributed by atoms with van der Waals surface area (Å²) in [6.45, 7) is 5.08. The molecule has 0 aromatic carbocycles. The molecular weight excluding hydrogens is 244 g/mol. The number of rotatable bonds is 7. The van der Waals surface area contributed by atoms with Crippen LogP contribution in [0.4, 0.5) is 0 Å². The molecule has 0 amide bonds. The highest BCUT2D eigenvalue weighted by molar-refractivity contribution is 7.09. The lowest BCUT2D eigenvalue weighted by Crippen LogP contribution is -2.23. The molecule has 2 aromatic rings. The summed E-state index contributed by atoms with van der Waals surface area (Å²) in [5.41, 5.74) is 1.03. The van der Waals surface area contributed by atoms with Crippen LogP contribution < -0.4 is 5.32 Å². The predicted octanol–water partition coefficient (Wildman–Crippen LogP) is 3.72. The highest BCUT2D eigenvalue weighted by Gasteiger charge is 2.14. The first-order chi connectivity index (χ1) is 8.79. The minimum atomic E-state index is 0.296. The molecule has 1 atom stereocenters. The number of aryl methyl sites for hydroxylation is 2. The highest BCUT2D eigenvalue weighted by atomic mass is 32.1. The van der Waals surface area contributed by atoms with Crippen molar-refractivity contribution in [2.75, 3.05) is 6.54 Å². The van der Waals surface area contributed by atoms with Gasteiger partial charge in [-0.15, -0.1) is 11.3 Å². The number of hydrogen-bond donors (Lipinski definition) is 1. The lowest BCUT2D eigenvalue weighted by Gasteiger charge is -2.15. The van der Waals surface area contributed by atoms with Crippen molar-refractivity contribution < 1.29 is 4.42 Å². The van der Waals surface area contributed by atoms with E-state index in [2.05, 4.69) is 34.7 Å². The third kappa shape index (κ3) is 3.68. The van der Waals surface area contributed by atoms with Crippen LogP contribution in [0.2, 0.25) is 0 Å². The van der Waals surface area contributed by atoms with Gasteiger partial charge in [0.1, 0.15) is 6.26 Å².